The summed E-state index contributed by atoms with van der Waals surface area (Å²) >= 11 is 3.49. The van der Waals surface area contributed by atoms with Gasteiger partial charge in [0.1, 0.15) is 5.82 Å². The van der Waals surface area contributed by atoms with Gasteiger partial charge in [-0.1, -0.05) is 13.8 Å². The minimum absolute atomic E-state index is 0.432. The summed E-state index contributed by atoms with van der Waals surface area (Å²) in [5.74, 6) is 1.05. The third-order valence-corrected chi connectivity index (χ3v) is 5.30. The number of piperidine rings is 1. The number of nitrogens with zero attached hydrogens (tertiary/aromatic N) is 2. The molecule has 5 heteroatoms. The number of furan rings is 1. The normalized spacial score (nSPS) is 20.2. The van der Waals surface area contributed by atoms with E-state index in [1.807, 2.05) is 26.1 Å². The Hall–Kier alpha value is -1.07. The molecule has 1 spiro atoms. The first-order valence-electron chi connectivity index (χ1n) is 8.12. The average Bonchev–Trinajstić information content (AvgIpc) is 3.21. The van der Waals surface area contributed by atoms with E-state index in [-0.39, 0.29) is 0 Å². The Kier molecular flexibility index (Phi) is 4.73. The lowest BCUT2D eigenvalue weighted by atomic mass is 9.78. The molecule has 0 radical (unpaired) electrons. The minimum Gasteiger partial charge on any atom is -0.463 e. The molecule has 2 aliphatic heterocycles. The van der Waals surface area contributed by atoms with Crippen molar-refractivity contribution in [3.63, 3.8) is 0 Å². The van der Waals surface area contributed by atoms with E-state index in [4.69, 9.17) is 9.15 Å². The number of ether oxygens (including phenoxy) is 1. The third-order valence-electron chi connectivity index (χ3n) is 4.73. The van der Waals surface area contributed by atoms with E-state index >= 15 is 0 Å². The van der Waals surface area contributed by atoms with E-state index in [1.54, 1.807) is 6.26 Å². The van der Waals surface area contributed by atoms with Gasteiger partial charge in [-0.15, -0.1) is 0 Å². The molecule has 2 saturated heterocycles. The van der Waals surface area contributed by atoms with E-state index < -0.39 is 0 Å². The van der Waals surface area contributed by atoms with Gasteiger partial charge in [0.2, 0.25) is 0 Å². The Balaban J connectivity index is 0.000000693. The lowest BCUT2D eigenvalue weighted by Crippen LogP contribution is -2.40. The second kappa shape index (κ2) is 6.59. The molecule has 0 aromatic carbocycles. The van der Waals surface area contributed by atoms with Crippen molar-refractivity contribution in [2.45, 2.75) is 33.1 Å². The standard InChI is InChI=1S/C15H17BrN2O2.C2H6/c16-12-9-17-14(11-1-7-20-13(11)12)18-5-2-15(3-6-18)4-8-19-10-15;1-2/h1,7,9H,2-6,8,10H2;1-2H3. The summed E-state index contributed by atoms with van der Waals surface area (Å²) in [5.41, 5.74) is 1.32. The van der Waals surface area contributed by atoms with Crippen LogP contribution in [-0.2, 0) is 4.74 Å². The van der Waals surface area contributed by atoms with Gasteiger partial charge >= 0.3 is 0 Å². The van der Waals surface area contributed by atoms with Crippen molar-refractivity contribution in [3.8, 4) is 0 Å². The number of pyridine rings is 1. The molecule has 2 aromatic rings. The maximum Gasteiger partial charge on any atom is 0.153 e. The molecule has 22 heavy (non-hydrogen) atoms. The number of aromatic nitrogens is 1. The predicted molar refractivity (Wildman–Crippen MR) is 92.4 cm³/mol. The predicted octanol–water partition coefficient (Wildman–Crippen LogP) is 4.62. The van der Waals surface area contributed by atoms with Crippen molar-refractivity contribution >= 4 is 32.7 Å². The van der Waals surface area contributed by atoms with Crippen LogP contribution in [0.25, 0.3) is 11.0 Å². The van der Waals surface area contributed by atoms with Crippen molar-refractivity contribution in [1.29, 1.82) is 0 Å². The highest BCUT2D eigenvalue weighted by atomic mass is 79.9. The second-order valence-electron chi connectivity index (χ2n) is 5.88. The maximum absolute atomic E-state index is 5.60. The topological polar surface area (TPSA) is 38.5 Å². The molecule has 0 atom stereocenters. The first-order valence-corrected chi connectivity index (χ1v) is 8.91. The summed E-state index contributed by atoms with van der Waals surface area (Å²) in [6, 6.07) is 2.01. The number of hydrogen-bond donors (Lipinski definition) is 0. The zero-order valence-corrected chi connectivity index (χ0v) is 14.9. The van der Waals surface area contributed by atoms with Crippen molar-refractivity contribution in [2.75, 3.05) is 31.2 Å². The molecule has 4 heterocycles. The number of hydrogen-bond acceptors (Lipinski definition) is 4. The molecule has 0 amide bonds. The lowest BCUT2D eigenvalue weighted by Gasteiger charge is -2.39. The molecule has 0 aliphatic carbocycles. The summed E-state index contributed by atoms with van der Waals surface area (Å²) in [5, 5.41) is 1.10. The van der Waals surface area contributed by atoms with Crippen LogP contribution in [0.3, 0.4) is 0 Å². The highest BCUT2D eigenvalue weighted by Crippen LogP contribution is 2.41. The molecule has 2 aromatic heterocycles. The fraction of sp³-hybridized carbons (Fsp3) is 0.588. The Morgan fingerprint density at radius 1 is 1.23 bits per heavy atom. The molecule has 2 fully saturated rings. The van der Waals surface area contributed by atoms with Crippen LogP contribution in [0, 0.1) is 5.41 Å². The Morgan fingerprint density at radius 3 is 2.68 bits per heavy atom. The fourth-order valence-electron chi connectivity index (χ4n) is 3.40. The largest absolute Gasteiger partial charge is 0.463 e. The van der Waals surface area contributed by atoms with Gasteiger partial charge in [-0.05, 0) is 46.7 Å². The number of fused-ring (bicyclic) bond motifs is 1. The molecule has 0 unspecified atom stereocenters. The number of anilines is 1. The molecule has 120 valence electrons. The van der Waals surface area contributed by atoms with Crippen LogP contribution in [-0.4, -0.2) is 31.3 Å². The van der Waals surface area contributed by atoms with Crippen LogP contribution < -0.4 is 4.90 Å². The monoisotopic (exact) mass is 366 g/mol. The highest BCUT2D eigenvalue weighted by molar-refractivity contribution is 9.10. The summed E-state index contributed by atoms with van der Waals surface area (Å²) in [4.78, 5) is 6.99. The third kappa shape index (κ3) is 2.76. The Morgan fingerprint density at radius 2 is 2.00 bits per heavy atom. The van der Waals surface area contributed by atoms with Crippen molar-refractivity contribution in [1.82, 2.24) is 4.98 Å². The van der Waals surface area contributed by atoms with E-state index in [1.165, 1.54) is 19.3 Å². The van der Waals surface area contributed by atoms with E-state index in [0.717, 1.165) is 47.6 Å². The van der Waals surface area contributed by atoms with Crippen molar-refractivity contribution in [3.05, 3.63) is 23.0 Å². The van der Waals surface area contributed by atoms with E-state index in [9.17, 15) is 0 Å². The smallest absolute Gasteiger partial charge is 0.153 e. The zero-order chi connectivity index (χ0) is 15.6. The van der Waals surface area contributed by atoms with Gasteiger partial charge < -0.3 is 14.1 Å². The van der Waals surface area contributed by atoms with Gasteiger partial charge in [0, 0.05) is 25.9 Å². The van der Waals surface area contributed by atoms with Gasteiger partial charge in [0.25, 0.3) is 0 Å². The maximum atomic E-state index is 5.60. The Labute approximate surface area is 140 Å². The van der Waals surface area contributed by atoms with Gasteiger partial charge in [-0.2, -0.15) is 0 Å². The first kappa shape index (κ1) is 15.8. The molecular weight excluding hydrogens is 344 g/mol. The van der Waals surface area contributed by atoms with Crippen LogP contribution in [0.15, 0.2) is 27.4 Å². The van der Waals surface area contributed by atoms with Gasteiger partial charge in [0.05, 0.1) is 22.7 Å². The summed E-state index contributed by atoms with van der Waals surface area (Å²) < 4.78 is 12.1. The highest BCUT2D eigenvalue weighted by Gasteiger charge is 2.38. The van der Waals surface area contributed by atoms with Gasteiger partial charge in [-0.25, -0.2) is 4.98 Å². The molecule has 0 N–H and O–H groups in total. The second-order valence-corrected chi connectivity index (χ2v) is 6.74. The molecule has 0 bridgehead atoms. The number of halogens is 1. The van der Waals surface area contributed by atoms with Crippen LogP contribution >= 0.6 is 15.9 Å². The SMILES string of the molecule is Brc1cnc(N2CCC3(CCOC3)CC2)c2ccoc12.CC. The molecule has 2 aliphatic rings. The van der Waals surface area contributed by atoms with E-state index in [0.29, 0.717) is 5.41 Å². The zero-order valence-electron chi connectivity index (χ0n) is 13.3. The minimum atomic E-state index is 0.432. The molecular formula is C17H23BrN2O2. The fourth-order valence-corrected chi connectivity index (χ4v) is 3.81. The van der Waals surface area contributed by atoms with Gasteiger partial charge in [-0.3, -0.25) is 0 Å². The molecule has 0 saturated carbocycles. The van der Waals surface area contributed by atoms with Gasteiger partial charge in [0.15, 0.2) is 5.58 Å². The van der Waals surface area contributed by atoms with Crippen LogP contribution in [0.5, 0.6) is 0 Å². The summed E-state index contributed by atoms with van der Waals surface area (Å²) in [6.45, 7) is 7.98. The molecule has 4 nitrogen and oxygen atoms in total. The van der Waals surface area contributed by atoms with Crippen LogP contribution in [0.4, 0.5) is 5.82 Å². The number of rotatable bonds is 1. The van der Waals surface area contributed by atoms with Crippen LogP contribution in [0.2, 0.25) is 0 Å². The quantitative estimate of drug-likeness (QED) is 0.737. The van der Waals surface area contributed by atoms with Crippen molar-refractivity contribution < 1.29 is 9.15 Å². The van der Waals surface area contributed by atoms with E-state index in [2.05, 4.69) is 25.8 Å². The summed E-state index contributed by atoms with van der Waals surface area (Å²) in [7, 11) is 0. The van der Waals surface area contributed by atoms with Crippen LogP contribution in [0.1, 0.15) is 33.1 Å². The molecule has 4 rings (SSSR count). The van der Waals surface area contributed by atoms with Crippen molar-refractivity contribution in [2.24, 2.45) is 5.41 Å². The summed E-state index contributed by atoms with van der Waals surface area (Å²) in [6.07, 6.45) is 7.19. The lowest BCUT2D eigenvalue weighted by molar-refractivity contribution is 0.133. The Bertz CT molecular complexity index is 625. The first-order chi connectivity index (χ1) is 10.8. The average molecular weight is 367 g/mol.